The molecule has 6 heteroatoms. The highest BCUT2D eigenvalue weighted by molar-refractivity contribution is 6.12. The summed E-state index contributed by atoms with van der Waals surface area (Å²) in [5, 5.41) is 0. The van der Waals surface area contributed by atoms with Gasteiger partial charge in [0, 0.05) is 12.0 Å². The van der Waals surface area contributed by atoms with Gasteiger partial charge in [-0.05, 0) is 18.6 Å². The van der Waals surface area contributed by atoms with Crippen molar-refractivity contribution in [1.29, 1.82) is 0 Å². The molecular formula is C16H18N2O4. The highest BCUT2D eigenvalue weighted by Crippen LogP contribution is 2.12. The summed E-state index contributed by atoms with van der Waals surface area (Å²) in [7, 11) is 0. The summed E-state index contributed by atoms with van der Waals surface area (Å²) in [6, 6.07) is 8.29. The van der Waals surface area contributed by atoms with E-state index in [4.69, 9.17) is 0 Å². The molecule has 1 fully saturated rings. The molecule has 22 heavy (non-hydrogen) atoms. The Labute approximate surface area is 128 Å². The summed E-state index contributed by atoms with van der Waals surface area (Å²) in [6.07, 6.45) is 1.74. The van der Waals surface area contributed by atoms with Gasteiger partial charge in [0.05, 0.1) is 0 Å². The molecule has 1 saturated heterocycles. The number of hydrogen-bond donors (Lipinski definition) is 0. The van der Waals surface area contributed by atoms with Crippen molar-refractivity contribution in [3.05, 3.63) is 35.9 Å². The molecule has 4 amide bonds. The van der Waals surface area contributed by atoms with Gasteiger partial charge in [0.25, 0.3) is 5.91 Å². The SMILES string of the molecule is CCCCC(=O)N1CC(=O)N(C(=O)c2ccccc2)CC1=O. The maximum absolute atomic E-state index is 12.3. The van der Waals surface area contributed by atoms with E-state index in [2.05, 4.69) is 0 Å². The fourth-order valence-electron chi connectivity index (χ4n) is 2.23. The first-order chi connectivity index (χ1) is 10.5. The average Bonchev–Trinajstić information content (AvgIpc) is 2.54. The lowest BCUT2D eigenvalue weighted by Gasteiger charge is -2.31. The van der Waals surface area contributed by atoms with Crippen LogP contribution in [0.1, 0.15) is 36.5 Å². The second-order valence-electron chi connectivity index (χ2n) is 5.13. The number of imide groups is 2. The molecule has 1 heterocycles. The molecule has 0 aromatic heterocycles. The quantitative estimate of drug-likeness (QED) is 0.784. The first-order valence-electron chi connectivity index (χ1n) is 7.27. The van der Waals surface area contributed by atoms with Crippen molar-refractivity contribution in [2.24, 2.45) is 0 Å². The van der Waals surface area contributed by atoms with Crippen molar-refractivity contribution >= 4 is 23.6 Å². The van der Waals surface area contributed by atoms with Crippen LogP contribution in [0, 0.1) is 0 Å². The molecule has 0 unspecified atom stereocenters. The standard InChI is InChI=1S/C16H18N2O4/c1-2-3-9-13(19)17-10-15(21)18(11-14(17)20)16(22)12-7-5-4-6-8-12/h4-8H,2-3,9-11H2,1H3. The number of rotatable bonds is 4. The molecule has 0 atom stereocenters. The van der Waals surface area contributed by atoms with E-state index in [1.807, 2.05) is 6.92 Å². The van der Waals surface area contributed by atoms with Crippen LogP contribution in [-0.2, 0) is 14.4 Å². The minimum Gasteiger partial charge on any atom is -0.274 e. The van der Waals surface area contributed by atoms with E-state index in [9.17, 15) is 19.2 Å². The number of carbonyl (C=O) groups excluding carboxylic acids is 4. The Hall–Kier alpha value is -2.50. The Morgan fingerprint density at radius 1 is 1.00 bits per heavy atom. The van der Waals surface area contributed by atoms with Crippen LogP contribution in [0.25, 0.3) is 0 Å². The fraction of sp³-hybridized carbons (Fsp3) is 0.375. The zero-order valence-corrected chi connectivity index (χ0v) is 12.4. The van der Waals surface area contributed by atoms with Crippen LogP contribution in [0.2, 0.25) is 0 Å². The van der Waals surface area contributed by atoms with Crippen LogP contribution >= 0.6 is 0 Å². The minimum atomic E-state index is -0.529. The molecule has 116 valence electrons. The Bertz CT molecular complexity index is 597. The average molecular weight is 302 g/mol. The maximum Gasteiger partial charge on any atom is 0.260 e. The van der Waals surface area contributed by atoms with Gasteiger partial charge in [-0.3, -0.25) is 29.0 Å². The van der Waals surface area contributed by atoms with E-state index in [0.29, 0.717) is 12.0 Å². The van der Waals surface area contributed by atoms with Gasteiger partial charge >= 0.3 is 0 Å². The monoisotopic (exact) mass is 302 g/mol. The Morgan fingerprint density at radius 2 is 1.59 bits per heavy atom. The summed E-state index contributed by atoms with van der Waals surface area (Å²) >= 11 is 0. The molecule has 0 spiro atoms. The summed E-state index contributed by atoms with van der Waals surface area (Å²) in [5.41, 5.74) is 0.342. The summed E-state index contributed by atoms with van der Waals surface area (Å²) in [4.78, 5) is 50.2. The Balaban J connectivity index is 2.07. The van der Waals surface area contributed by atoms with Gasteiger partial charge in [0.2, 0.25) is 17.7 Å². The van der Waals surface area contributed by atoms with Gasteiger partial charge in [-0.15, -0.1) is 0 Å². The lowest BCUT2D eigenvalue weighted by atomic mass is 10.1. The second kappa shape index (κ2) is 6.98. The number of carbonyl (C=O) groups is 4. The molecule has 1 aromatic carbocycles. The van der Waals surface area contributed by atoms with Gasteiger partial charge in [0.1, 0.15) is 13.1 Å². The topological polar surface area (TPSA) is 74.8 Å². The van der Waals surface area contributed by atoms with E-state index in [1.54, 1.807) is 30.3 Å². The molecule has 1 aromatic rings. The van der Waals surface area contributed by atoms with Crippen molar-refractivity contribution in [3.8, 4) is 0 Å². The van der Waals surface area contributed by atoms with Crippen LogP contribution < -0.4 is 0 Å². The number of nitrogens with zero attached hydrogens (tertiary/aromatic N) is 2. The van der Waals surface area contributed by atoms with E-state index >= 15 is 0 Å². The highest BCUT2D eigenvalue weighted by atomic mass is 16.2. The molecule has 0 bridgehead atoms. The summed E-state index contributed by atoms with van der Waals surface area (Å²) in [5.74, 6) is -1.91. The van der Waals surface area contributed by atoms with E-state index in [0.717, 1.165) is 16.2 Å². The number of unbranched alkanes of at least 4 members (excludes halogenated alkanes) is 1. The smallest absolute Gasteiger partial charge is 0.260 e. The fourth-order valence-corrected chi connectivity index (χ4v) is 2.23. The Kier molecular flexibility index (Phi) is 5.04. The predicted octanol–water partition coefficient (Wildman–Crippen LogP) is 1.21. The van der Waals surface area contributed by atoms with Crippen molar-refractivity contribution in [1.82, 2.24) is 9.80 Å². The van der Waals surface area contributed by atoms with Crippen molar-refractivity contribution in [2.45, 2.75) is 26.2 Å². The van der Waals surface area contributed by atoms with Gasteiger partial charge < -0.3 is 0 Å². The first kappa shape index (κ1) is 15.9. The summed E-state index contributed by atoms with van der Waals surface area (Å²) in [6.45, 7) is 1.20. The molecule has 0 saturated carbocycles. The second-order valence-corrected chi connectivity index (χ2v) is 5.13. The third kappa shape index (κ3) is 3.39. The van der Waals surface area contributed by atoms with Crippen molar-refractivity contribution in [3.63, 3.8) is 0 Å². The van der Waals surface area contributed by atoms with Crippen molar-refractivity contribution in [2.75, 3.05) is 13.1 Å². The van der Waals surface area contributed by atoms with Crippen LogP contribution in [-0.4, -0.2) is 46.5 Å². The normalized spacial score (nSPS) is 15.1. The van der Waals surface area contributed by atoms with Crippen molar-refractivity contribution < 1.29 is 19.2 Å². The van der Waals surface area contributed by atoms with E-state index < -0.39 is 17.7 Å². The van der Waals surface area contributed by atoms with Crippen LogP contribution in [0.5, 0.6) is 0 Å². The molecular weight excluding hydrogens is 284 g/mol. The maximum atomic E-state index is 12.3. The number of hydrogen-bond acceptors (Lipinski definition) is 4. The summed E-state index contributed by atoms with van der Waals surface area (Å²) < 4.78 is 0. The predicted molar refractivity (Wildman–Crippen MR) is 78.7 cm³/mol. The molecule has 2 rings (SSSR count). The molecule has 1 aliphatic rings. The molecule has 6 nitrogen and oxygen atoms in total. The molecule has 0 aliphatic carbocycles. The van der Waals surface area contributed by atoms with E-state index in [-0.39, 0.29) is 25.4 Å². The van der Waals surface area contributed by atoms with Gasteiger partial charge in [-0.2, -0.15) is 0 Å². The van der Waals surface area contributed by atoms with Crippen LogP contribution in [0.3, 0.4) is 0 Å². The van der Waals surface area contributed by atoms with Gasteiger partial charge in [-0.1, -0.05) is 31.5 Å². The zero-order valence-electron chi connectivity index (χ0n) is 12.4. The van der Waals surface area contributed by atoms with Crippen LogP contribution in [0.15, 0.2) is 30.3 Å². The van der Waals surface area contributed by atoms with Gasteiger partial charge in [0.15, 0.2) is 0 Å². The lowest BCUT2D eigenvalue weighted by molar-refractivity contribution is -0.155. The molecule has 0 radical (unpaired) electrons. The van der Waals surface area contributed by atoms with Gasteiger partial charge in [-0.25, -0.2) is 0 Å². The lowest BCUT2D eigenvalue weighted by Crippen LogP contribution is -2.57. The first-order valence-corrected chi connectivity index (χ1v) is 7.27. The molecule has 0 N–H and O–H groups in total. The number of benzene rings is 1. The van der Waals surface area contributed by atoms with Crippen LogP contribution in [0.4, 0.5) is 0 Å². The largest absolute Gasteiger partial charge is 0.274 e. The number of amides is 4. The third-order valence-electron chi connectivity index (χ3n) is 3.50. The third-order valence-corrected chi connectivity index (χ3v) is 3.50. The Morgan fingerprint density at radius 3 is 2.23 bits per heavy atom. The molecule has 1 aliphatic heterocycles. The minimum absolute atomic E-state index is 0.238. The highest BCUT2D eigenvalue weighted by Gasteiger charge is 2.36. The zero-order chi connectivity index (χ0) is 16.1. The van der Waals surface area contributed by atoms with E-state index in [1.165, 1.54) is 0 Å². The number of piperazine rings is 1.